The molecule has 3 aliphatic rings. The second kappa shape index (κ2) is 11.0. The SMILES string of the molecule is CCC[C@H]1CC[C@H](C2CC=C(c3ccc([C@H]4CC[C@H](COC)CC4)cc3)CC2)CC1. The Kier molecular flexibility index (Phi) is 8.10. The number of allylic oxidation sites excluding steroid dienone is 2. The van der Waals surface area contributed by atoms with Gasteiger partial charge in [-0.15, -0.1) is 0 Å². The third kappa shape index (κ3) is 5.58. The van der Waals surface area contributed by atoms with Gasteiger partial charge in [-0.1, -0.05) is 62.9 Å². The average molecular weight is 409 g/mol. The molecule has 1 nitrogen and oxygen atoms in total. The van der Waals surface area contributed by atoms with Gasteiger partial charge in [0, 0.05) is 13.7 Å². The summed E-state index contributed by atoms with van der Waals surface area (Å²) in [4.78, 5) is 0. The highest BCUT2D eigenvalue weighted by Crippen LogP contribution is 2.42. The Morgan fingerprint density at radius 3 is 2.10 bits per heavy atom. The van der Waals surface area contributed by atoms with E-state index in [-0.39, 0.29) is 0 Å². The number of ether oxygens (including phenoxy) is 1. The Hall–Kier alpha value is -1.08. The summed E-state index contributed by atoms with van der Waals surface area (Å²) in [5.41, 5.74) is 4.66. The number of benzene rings is 1. The summed E-state index contributed by atoms with van der Waals surface area (Å²) >= 11 is 0. The van der Waals surface area contributed by atoms with Crippen LogP contribution < -0.4 is 0 Å². The van der Waals surface area contributed by atoms with Crippen LogP contribution in [0.1, 0.15) is 107 Å². The van der Waals surface area contributed by atoms with Gasteiger partial charge in [0.1, 0.15) is 0 Å². The second-order valence-electron chi connectivity index (χ2n) is 10.6. The molecule has 0 saturated heterocycles. The smallest absolute Gasteiger partial charge is 0.0490 e. The van der Waals surface area contributed by atoms with E-state index in [1.54, 1.807) is 11.1 Å². The monoisotopic (exact) mass is 408 g/mol. The van der Waals surface area contributed by atoms with Crippen molar-refractivity contribution in [2.45, 2.75) is 96.3 Å². The van der Waals surface area contributed by atoms with Crippen LogP contribution in [-0.2, 0) is 4.74 Å². The van der Waals surface area contributed by atoms with Crippen molar-refractivity contribution in [1.82, 2.24) is 0 Å². The largest absolute Gasteiger partial charge is 0.384 e. The van der Waals surface area contributed by atoms with Gasteiger partial charge in [0.05, 0.1) is 0 Å². The molecule has 0 heterocycles. The van der Waals surface area contributed by atoms with Crippen LogP contribution in [0.25, 0.3) is 5.57 Å². The summed E-state index contributed by atoms with van der Waals surface area (Å²) in [6.07, 6.45) is 20.8. The maximum atomic E-state index is 5.36. The predicted molar refractivity (Wildman–Crippen MR) is 129 cm³/mol. The first-order valence-electron chi connectivity index (χ1n) is 13.0. The zero-order valence-corrected chi connectivity index (χ0v) is 19.6. The van der Waals surface area contributed by atoms with Gasteiger partial charge < -0.3 is 4.74 Å². The molecule has 1 heteroatoms. The number of hydrogen-bond donors (Lipinski definition) is 0. The van der Waals surface area contributed by atoms with Crippen LogP contribution in [-0.4, -0.2) is 13.7 Å². The normalized spacial score (nSPS) is 32.6. The first-order chi connectivity index (χ1) is 14.8. The summed E-state index contributed by atoms with van der Waals surface area (Å²) in [5.74, 6) is 4.55. The highest BCUT2D eigenvalue weighted by atomic mass is 16.5. The molecule has 166 valence electrons. The van der Waals surface area contributed by atoms with E-state index in [9.17, 15) is 0 Å². The minimum Gasteiger partial charge on any atom is -0.384 e. The van der Waals surface area contributed by atoms with E-state index in [1.807, 2.05) is 7.11 Å². The molecule has 1 atom stereocenters. The summed E-state index contributed by atoms with van der Waals surface area (Å²) in [6, 6.07) is 9.69. The van der Waals surface area contributed by atoms with Crippen LogP contribution in [0.2, 0.25) is 0 Å². The lowest BCUT2D eigenvalue weighted by Gasteiger charge is -2.35. The topological polar surface area (TPSA) is 9.23 Å². The molecule has 0 spiro atoms. The van der Waals surface area contributed by atoms with E-state index in [2.05, 4.69) is 37.3 Å². The summed E-state index contributed by atoms with van der Waals surface area (Å²) < 4.78 is 5.36. The van der Waals surface area contributed by atoms with E-state index < -0.39 is 0 Å². The molecule has 0 aliphatic heterocycles. The average Bonchev–Trinajstić information content (AvgIpc) is 2.81. The number of hydrogen-bond acceptors (Lipinski definition) is 1. The van der Waals surface area contributed by atoms with Gasteiger partial charge in [-0.05, 0) is 104 Å². The van der Waals surface area contributed by atoms with E-state index >= 15 is 0 Å². The maximum absolute atomic E-state index is 5.36. The molecule has 30 heavy (non-hydrogen) atoms. The maximum Gasteiger partial charge on any atom is 0.0490 e. The molecule has 3 aliphatic carbocycles. The molecule has 0 aromatic heterocycles. The van der Waals surface area contributed by atoms with Crippen LogP contribution in [0.15, 0.2) is 30.3 Å². The lowest BCUT2D eigenvalue weighted by Crippen LogP contribution is -2.23. The highest BCUT2D eigenvalue weighted by molar-refractivity contribution is 5.66. The van der Waals surface area contributed by atoms with Crippen LogP contribution in [0, 0.1) is 23.7 Å². The molecule has 0 amide bonds. The van der Waals surface area contributed by atoms with Crippen molar-refractivity contribution >= 4 is 5.57 Å². The van der Waals surface area contributed by atoms with Crippen molar-refractivity contribution in [3.05, 3.63) is 41.5 Å². The molecule has 0 radical (unpaired) electrons. The van der Waals surface area contributed by atoms with Crippen molar-refractivity contribution in [1.29, 1.82) is 0 Å². The Labute approximate surface area is 185 Å². The third-order valence-corrected chi connectivity index (χ3v) is 8.71. The van der Waals surface area contributed by atoms with Crippen LogP contribution >= 0.6 is 0 Å². The standard InChI is InChI=1S/C29H44O/c1-3-4-22-5-9-24(10-6-22)26-13-17-28(18-14-26)29-19-15-27(16-20-29)25-11-7-23(8-12-25)21-30-2/h15-17,19-20,22-26H,3-14,18,21H2,1-2H3/t22-,23-,24-,25-,26?. The third-order valence-electron chi connectivity index (χ3n) is 8.71. The fourth-order valence-corrected chi connectivity index (χ4v) is 6.77. The zero-order chi connectivity index (χ0) is 20.8. The molecule has 2 saturated carbocycles. The van der Waals surface area contributed by atoms with E-state index in [0.29, 0.717) is 0 Å². The van der Waals surface area contributed by atoms with Gasteiger partial charge in [-0.2, -0.15) is 0 Å². The van der Waals surface area contributed by atoms with Gasteiger partial charge in [0.2, 0.25) is 0 Å². The molecular formula is C29H44O. The molecule has 1 unspecified atom stereocenters. The van der Waals surface area contributed by atoms with E-state index in [4.69, 9.17) is 4.74 Å². The minimum atomic E-state index is 0.764. The van der Waals surface area contributed by atoms with Crippen LogP contribution in [0.4, 0.5) is 0 Å². The number of methoxy groups -OCH3 is 1. The van der Waals surface area contributed by atoms with Gasteiger partial charge in [-0.25, -0.2) is 0 Å². The summed E-state index contributed by atoms with van der Waals surface area (Å²) in [5, 5.41) is 0. The summed E-state index contributed by atoms with van der Waals surface area (Å²) in [6.45, 7) is 3.29. The predicted octanol–water partition coefficient (Wildman–Crippen LogP) is 8.40. The molecule has 4 rings (SSSR count). The molecule has 0 N–H and O–H groups in total. The van der Waals surface area contributed by atoms with Crippen molar-refractivity contribution in [2.24, 2.45) is 23.7 Å². The first kappa shape index (κ1) is 22.1. The Bertz CT molecular complexity index is 656. The number of rotatable bonds is 7. The highest BCUT2D eigenvalue weighted by Gasteiger charge is 2.28. The molecule has 0 bridgehead atoms. The van der Waals surface area contributed by atoms with Crippen molar-refractivity contribution in [3.63, 3.8) is 0 Å². The quantitative estimate of drug-likeness (QED) is 0.440. The second-order valence-corrected chi connectivity index (χ2v) is 10.6. The molecular weight excluding hydrogens is 364 g/mol. The van der Waals surface area contributed by atoms with Crippen molar-refractivity contribution < 1.29 is 4.74 Å². The van der Waals surface area contributed by atoms with Crippen LogP contribution in [0.3, 0.4) is 0 Å². The zero-order valence-electron chi connectivity index (χ0n) is 19.6. The first-order valence-corrected chi connectivity index (χ1v) is 13.0. The Morgan fingerprint density at radius 2 is 1.50 bits per heavy atom. The van der Waals surface area contributed by atoms with E-state index in [1.165, 1.54) is 89.0 Å². The minimum absolute atomic E-state index is 0.764. The lowest BCUT2D eigenvalue weighted by molar-refractivity contribution is 0.127. The fourth-order valence-electron chi connectivity index (χ4n) is 6.77. The van der Waals surface area contributed by atoms with Gasteiger partial charge >= 0.3 is 0 Å². The van der Waals surface area contributed by atoms with E-state index in [0.717, 1.165) is 36.2 Å². The lowest BCUT2D eigenvalue weighted by atomic mass is 9.70. The Morgan fingerprint density at radius 1 is 0.800 bits per heavy atom. The van der Waals surface area contributed by atoms with Crippen molar-refractivity contribution in [3.8, 4) is 0 Å². The molecule has 1 aromatic rings. The van der Waals surface area contributed by atoms with Gasteiger partial charge in [0.25, 0.3) is 0 Å². The van der Waals surface area contributed by atoms with Crippen molar-refractivity contribution in [2.75, 3.05) is 13.7 Å². The molecule has 2 fully saturated rings. The fraction of sp³-hybridized carbons (Fsp3) is 0.724. The van der Waals surface area contributed by atoms with Gasteiger partial charge in [-0.3, -0.25) is 0 Å². The molecule has 1 aromatic carbocycles. The van der Waals surface area contributed by atoms with Crippen LogP contribution in [0.5, 0.6) is 0 Å². The van der Waals surface area contributed by atoms with Gasteiger partial charge in [0.15, 0.2) is 0 Å². The summed E-state index contributed by atoms with van der Waals surface area (Å²) in [7, 11) is 1.84. The Balaban J connectivity index is 1.27.